The van der Waals surface area contributed by atoms with Gasteiger partial charge in [0.1, 0.15) is 0 Å². The van der Waals surface area contributed by atoms with Crippen LogP contribution in [0, 0.1) is 24.2 Å². The molecule has 0 aromatic heterocycles. The second-order valence-corrected chi connectivity index (χ2v) is 7.93. The summed E-state index contributed by atoms with van der Waals surface area (Å²) in [5, 5.41) is 0. The molecule has 0 amide bonds. The van der Waals surface area contributed by atoms with E-state index in [0.717, 1.165) is 13.0 Å². The van der Waals surface area contributed by atoms with E-state index in [4.69, 9.17) is 10.8 Å². The van der Waals surface area contributed by atoms with Gasteiger partial charge < -0.3 is 16.8 Å². The summed E-state index contributed by atoms with van der Waals surface area (Å²) < 4.78 is 5.58. The molecule has 66 valence electrons. The van der Waals surface area contributed by atoms with E-state index >= 15 is 0 Å². The summed E-state index contributed by atoms with van der Waals surface area (Å²) in [5.41, 5.74) is 0. The molecule has 0 atom stereocenters. The van der Waals surface area contributed by atoms with E-state index < -0.39 is 8.32 Å². The minimum Gasteiger partial charge on any atom is -0.693 e. The number of hydrogen-bond acceptors (Lipinski definition) is 1. The molecule has 0 N–H and O–H groups in total. The first kappa shape index (κ1) is 15.4. The van der Waals surface area contributed by atoms with Crippen molar-refractivity contribution in [2.75, 3.05) is 6.61 Å². The molecule has 1 nitrogen and oxygen atoms in total. The Balaban J connectivity index is 0. The molecule has 0 aromatic carbocycles. The van der Waals surface area contributed by atoms with Crippen molar-refractivity contribution in [1.82, 2.24) is 0 Å². The van der Waals surface area contributed by atoms with Crippen LogP contribution in [-0.2, 0) is 4.43 Å². The molecule has 0 unspecified atom stereocenters. The van der Waals surface area contributed by atoms with Crippen LogP contribution in [0.15, 0.2) is 0 Å². The van der Waals surface area contributed by atoms with Gasteiger partial charge in [0.15, 0.2) is 8.32 Å². The quantitative estimate of drug-likeness (QED) is 0.243. The van der Waals surface area contributed by atoms with Gasteiger partial charge in [-0.05, 0) is 19.6 Å². The van der Waals surface area contributed by atoms with E-state index in [-0.39, 0.29) is 18.9 Å². The Morgan fingerprint density at radius 3 is 2.31 bits per heavy atom. The Morgan fingerprint density at radius 1 is 1.23 bits per heavy atom. The van der Waals surface area contributed by atoms with Crippen molar-refractivity contribution in [3.63, 3.8) is 0 Å². The molecule has 0 rings (SSSR count). The topological polar surface area (TPSA) is 9.23 Å². The second kappa shape index (κ2) is 8.49. The van der Waals surface area contributed by atoms with Gasteiger partial charge in [0.2, 0.25) is 0 Å². The molecule has 0 spiro atoms. The summed E-state index contributed by atoms with van der Waals surface area (Å²) in [6.45, 7) is 7.20. The van der Waals surface area contributed by atoms with E-state index in [1.165, 1.54) is 0 Å². The van der Waals surface area contributed by atoms with E-state index in [1.807, 2.05) is 0 Å². The predicted octanol–water partition coefficient (Wildman–Crippen LogP) is -0.785. The fourth-order valence-corrected chi connectivity index (χ4v) is 1.32. The van der Waals surface area contributed by atoms with Crippen LogP contribution in [0.25, 0.3) is 0 Å². The van der Waals surface area contributed by atoms with Crippen molar-refractivity contribution in [2.24, 2.45) is 0 Å². The third-order valence-corrected chi connectivity index (χ3v) is 2.13. The van der Waals surface area contributed by atoms with Crippen LogP contribution in [0.1, 0.15) is 12.8 Å². The van der Waals surface area contributed by atoms with Crippen LogP contribution < -0.4 is 18.9 Å². The van der Waals surface area contributed by atoms with Crippen LogP contribution in [0.4, 0.5) is 0 Å². The van der Waals surface area contributed by atoms with Crippen molar-refractivity contribution in [2.45, 2.75) is 32.5 Å². The molecule has 0 aliphatic heterocycles. The molecule has 0 aliphatic rings. The van der Waals surface area contributed by atoms with Crippen LogP contribution in [-0.4, -0.2) is 14.9 Å². The summed E-state index contributed by atoms with van der Waals surface area (Å²) in [6, 6.07) is 0. The standard InChI is InChI=1S/C10H15OSi.Li/c1-5-6-7-8-9-10-11-12(2,3)4;/h6,9-10H2,2-4H3;/q-1;+1. The Morgan fingerprint density at radius 2 is 1.85 bits per heavy atom. The maximum Gasteiger partial charge on any atom is 1.00 e. The molecule has 13 heavy (non-hydrogen) atoms. The van der Waals surface area contributed by atoms with Gasteiger partial charge in [-0.2, -0.15) is 0 Å². The first-order valence-electron chi connectivity index (χ1n) is 4.05. The van der Waals surface area contributed by atoms with Gasteiger partial charge >= 0.3 is 18.9 Å². The zero-order valence-corrected chi connectivity index (χ0v) is 10.0. The van der Waals surface area contributed by atoms with Crippen molar-refractivity contribution in [3.8, 4) is 17.8 Å². The third kappa shape index (κ3) is 14.7. The molecule has 0 fully saturated rings. The van der Waals surface area contributed by atoms with Crippen LogP contribution >= 0.6 is 0 Å². The Kier molecular flexibility index (Phi) is 10.0. The smallest absolute Gasteiger partial charge is 0.693 e. The molecule has 0 heterocycles. The van der Waals surface area contributed by atoms with E-state index in [1.54, 1.807) is 0 Å². The number of hydrogen-bond donors (Lipinski definition) is 0. The first-order chi connectivity index (χ1) is 5.56. The van der Waals surface area contributed by atoms with Crippen molar-refractivity contribution < 1.29 is 23.3 Å². The zero-order chi connectivity index (χ0) is 9.45. The molecule has 3 heteroatoms. The van der Waals surface area contributed by atoms with Crippen LogP contribution in [0.3, 0.4) is 0 Å². The van der Waals surface area contributed by atoms with Gasteiger partial charge in [0, 0.05) is 19.4 Å². The van der Waals surface area contributed by atoms with Crippen LogP contribution in [0.5, 0.6) is 0 Å². The minimum absolute atomic E-state index is 0. The fraction of sp³-hybridized carbons (Fsp3) is 0.600. The maximum absolute atomic E-state index is 6.61. The van der Waals surface area contributed by atoms with Crippen molar-refractivity contribution >= 4 is 8.32 Å². The van der Waals surface area contributed by atoms with Gasteiger partial charge in [-0.3, -0.25) is 0 Å². The third-order valence-electron chi connectivity index (χ3n) is 1.06. The summed E-state index contributed by atoms with van der Waals surface area (Å²) in [7, 11) is -1.35. The summed E-state index contributed by atoms with van der Waals surface area (Å²) in [6.07, 6.45) is 7.81. The van der Waals surface area contributed by atoms with Gasteiger partial charge in [-0.15, -0.1) is 5.92 Å². The molecular weight excluding hydrogens is 171 g/mol. The van der Waals surface area contributed by atoms with Gasteiger partial charge in [0.05, 0.1) is 0 Å². The van der Waals surface area contributed by atoms with Crippen molar-refractivity contribution in [1.29, 1.82) is 0 Å². The van der Waals surface area contributed by atoms with Gasteiger partial charge in [0.25, 0.3) is 0 Å². The predicted molar refractivity (Wildman–Crippen MR) is 53.4 cm³/mol. The summed E-state index contributed by atoms with van der Waals surface area (Å²) >= 11 is 0. The average Bonchev–Trinajstić information content (AvgIpc) is 1.94. The minimum atomic E-state index is -1.35. The van der Waals surface area contributed by atoms with E-state index in [2.05, 4.69) is 37.4 Å². The molecule has 0 saturated heterocycles. The molecular formula is C10H15LiOSi. The Bertz CT molecular complexity index is 214. The first-order valence-corrected chi connectivity index (χ1v) is 7.46. The molecule has 0 radical (unpaired) electrons. The Hall–Kier alpha value is -0.106. The second-order valence-electron chi connectivity index (χ2n) is 3.42. The SMILES string of the molecule is [C-]#CCC#CCCO[Si](C)(C)C.[Li+]. The molecule has 0 bridgehead atoms. The normalized spacial score (nSPS) is 9.08. The monoisotopic (exact) mass is 186 g/mol. The fourth-order valence-electron chi connectivity index (χ4n) is 0.603. The van der Waals surface area contributed by atoms with Gasteiger partial charge in [-0.1, -0.05) is 5.92 Å². The molecule has 0 aliphatic carbocycles. The summed E-state index contributed by atoms with van der Waals surface area (Å²) in [4.78, 5) is 0. The van der Waals surface area contributed by atoms with Gasteiger partial charge in [-0.25, -0.2) is 0 Å². The van der Waals surface area contributed by atoms with Crippen molar-refractivity contribution in [3.05, 3.63) is 6.42 Å². The molecule has 0 aromatic rings. The molecule has 0 saturated carbocycles. The zero-order valence-electron chi connectivity index (χ0n) is 9.03. The van der Waals surface area contributed by atoms with E-state index in [0.29, 0.717) is 6.42 Å². The maximum atomic E-state index is 6.61. The average molecular weight is 186 g/mol. The Labute approximate surface area is 94.9 Å². The number of rotatable bonds is 3. The van der Waals surface area contributed by atoms with E-state index in [9.17, 15) is 0 Å². The largest absolute Gasteiger partial charge is 1.00 e. The summed E-state index contributed by atoms with van der Waals surface area (Å²) in [5.74, 6) is 7.95. The van der Waals surface area contributed by atoms with Crippen LogP contribution in [0.2, 0.25) is 19.6 Å².